The molecule has 0 unspecified atom stereocenters. The van der Waals surface area contributed by atoms with Gasteiger partial charge in [-0.25, -0.2) is 0 Å². The van der Waals surface area contributed by atoms with Crippen molar-refractivity contribution in [1.82, 2.24) is 5.32 Å². The Kier molecular flexibility index (Phi) is 4.71. The quantitative estimate of drug-likeness (QED) is 0.733. The van der Waals surface area contributed by atoms with Gasteiger partial charge in [0.05, 0.1) is 0 Å². The van der Waals surface area contributed by atoms with Crippen molar-refractivity contribution < 1.29 is 0 Å². The van der Waals surface area contributed by atoms with E-state index in [1.165, 1.54) is 5.56 Å². The van der Waals surface area contributed by atoms with E-state index in [1.54, 1.807) is 0 Å². The van der Waals surface area contributed by atoms with Crippen LogP contribution < -0.4 is 5.32 Å². The third kappa shape index (κ3) is 3.17. The molecule has 0 saturated heterocycles. The largest absolute Gasteiger partial charge is 0.313 e. The van der Waals surface area contributed by atoms with E-state index in [0.717, 1.165) is 30.1 Å². The topological polar surface area (TPSA) is 12.0 Å². The number of hydrogen-bond acceptors (Lipinski definition) is 1. The van der Waals surface area contributed by atoms with Gasteiger partial charge in [-0.05, 0) is 36.2 Å². The van der Waals surface area contributed by atoms with Crippen LogP contribution in [-0.2, 0) is 6.54 Å². The van der Waals surface area contributed by atoms with Crippen molar-refractivity contribution in [2.45, 2.75) is 19.9 Å². The summed E-state index contributed by atoms with van der Waals surface area (Å²) in [5, 5.41) is 4.13. The van der Waals surface area contributed by atoms with Gasteiger partial charge in [-0.15, -0.1) is 0 Å². The normalized spacial score (nSPS) is 10.1. The van der Waals surface area contributed by atoms with E-state index in [2.05, 4.69) is 18.8 Å². The SMILES string of the molecule is C=Cc1ccc(Cl)cc1CNCCC. The third-order valence-electron chi connectivity index (χ3n) is 2.07. The highest BCUT2D eigenvalue weighted by molar-refractivity contribution is 6.30. The van der Waals surface area contributed by atoms with Crippen molar-refractivity contribution in [3.63, 3.8) is 0 Å². The van der Waals surface area contributed by atoms with E-state index in [4.69, 9.17) is 11.6 Å². The second-order valence-corrected chi connectivity index (χ2v) is 3.66. The minimum absolute atomic E-state index is 0.781. The number of hydrogen-bond donors (Lipinski definition) is 1. The molecule has 0 amide bonds. The Morgan fingerprint density at radius 3 is 2.93 bits per heavy atom. The monoisotopic (exact) mass is 209 g/mol. The zero-order chi connectivity index (χ0) is 10.4. The fraction of sp³-hybridized carbons (Fsp3) is 0.333. The average molecular weight is 210 g/mol. The van der Waals surface area contributed by atoms with Crippen molar-refractivity contribution in [3.05, 3.63) is 40.9 Å². The molecule has 0 aliphatic rings. The van der Waals surface area contributed by atoms with Gasteiger partial charge in [0.1, 0.15) is 0 Å². The molecule has 0 radical (unpaired) electrons. The number of nitrogens with one attached hydrogen (secondary N) is 1. The van der Waals surface area contributed by atoms with Gasteiger partial charge in [-0.3, -0.25) is 0 Å². The second-order valence-electron chi connectivity index (χ2n) is 3.22. The number of halogens is 1. The first-order valence-corrected chi connectivity index (χ1v) is 5.27. The van der Waals surface area contributed by atoms with Crippen LogP contribution in [0.4, 0.5) is 0 Å². The smallest absolute Gasteiger partial charge is 0.0409 e. The van der Waals surface area contributed by atoms with Crippen LogP contribution in [0.5, 0.6) is 0 Å². The van der Waals surface area contributed by atoms with Gasteiger partial charge in [0.2, 0.25) is 0 Å². The molecule has 1 aromatic carbocycles. The van der Waals surface area contributed by atoms with Crippen molar-refractivity contribution in [1.29, 1.82) is 0 Å². The number of rotatable bonds is 5. The summed E-state index contributed by atoms with van der Waals surface area (Å²) in [5.41, 5.74) is 2.36. The molecule has 1 rings (SSSR count). The first-order chi connectivity index (χ1) is 6.77. The third-order valence-corrected chi connectivity index (χ3v) is 2.30. The highest BCUT2D eigenvalue weighted by Gasteiger charge is 1.99. The zero-order valence-electron chi connectivity index (χ0n) is 8.52. The lowest BCUT2D eigenvalue weighted by Gasteiger charge is -2.07. The molecular formula is C12H16ClN. The first-order valence-electron chi connectivity index (χ1n) is 4.89. The van der Waals surface area contributed by atoms with Crippen LogP contribution in [0.25, 0.3) is 6.08 Å². The highest BCUT2D eigenvalue weighted by Crippen LogP contribution is 2.16. The minimum atomic E-state index is 0.781. The molecule has 0 bridgehead atoms. The summed E-state index contributed by atoms with van der Waals surface area (Å²) in [7, 11) is 0. The molecule has 0 heterocycles. The summed E-state index contributed by atoms with van der Waals surface area (Å²) in [6, 6.07) is 5.88. The fourth-order valence-corrected chi connectivity index (χ4v) is 1.52. The predicted octanol–water partition coefficient (Wildman–Crippen LogP) is 3.48. The van der Waals surface area contributed by atoms with Gasteiger partial charge in [-0.2, -0.15) is 0 Å². The average Bonchev–Trinajstić information content (AvgIpc) is 2.19. The molecule has 0 saturated carbocycles. The van der Waals surface area contributed by atoms with Gasteiger partial charge in [0, 0.05) is 11.6 Å². The Morgan fingerprint density at radius 2 is 2.29 bits per heavy atom. The maximum Gasteiger partial charge on any atom is 0.0409 e. The zero-order valence-corrected chi connectivity index (χ0v) is 9.27. The van der Waals surface area contributed by atoms with Gasteiger partial charge in [-0.1, -0.05) is 37.2 Å². The van der Waals surface area contributed by atoms with E-state index in [-0.39, 0.29) is 0 Å². The Hall–Kier alpha value is -0.790. The van der Waals surface area contributed by atoms with Gasteiger partial charge < -0.3 is 5.32 Å². The summed E-state index contributed by atoms with van der Waals surface area (Å²) < 4.78 is 0. The molecule has 1 nitrogen and oxygen atoms in total. The molecule has 0 aliphatic heterocycles. The van der Waals surface area contributed by atoms with E-state index in [1.807, 2.05) is 24.3 Å². The van der Waals surface area contributed by atoms with Crippen molar-refractivity contribution in [2.75, 3.05) is 6.54 Å². The standard InChI is InChI=1S/C12H16ClN/c1-3-7-14-9-11-8-12(13)6-5-10(11)4-2/h4-6,8,14H,2-3,7,9H2,1H3. The van der Waals surface area contributed by atoms with Crippen molar-refractivity contribution >= 4 is 17.7 Å². The summed E-state index contributed by atoms with van der Waals surface area (Å²) in [6.45, 7) is 7.82. The molecule has 14 heavy (non-hydrogen) atoms. The molecule has 0 fully saturated rings. The highest BCUT2D eigenvalue weighted by atomic mass is 35.5. The fourth-order valence-electron chi connectivity index (χ4n) is 1.33. The van der Waals surface area contributed by atoms with E-state index in [0.29, 0.717) is 0 Å². The van der Waals surface area contributed by atoms with Crippen LogP contribution in [0.2, 0.25) is 5.02 Å². The van der Waals surface area contributed by atoms with Crippen LogP contribution >= 0.6 is 11.6 Å². The maximum absolute atomic E-state index is 5.92. The maximum atomic E-state index is 5.92. The molecule has 1 N–H and O–H groups in total. The first kappa shape index (κ1) is 11.3. The van der Waals surface area contributed by atoms with Gasteiger partial charge in [0.15, 0.2) is 0 Å². The molecule has 0 atom stereocenters. The number of benzene rings is 1. The van der Waals surface area contributed by atoms with E-state index >= 15 is 0 Å². The Balaban J connectivity index is 2.72. The van der Waals surface area contributed by atoms with Crippen LogP contribution in [0.15, 0.2) is 24.8 Å². The van der Waals surface area contributed by atoms with Crippen molar-refractivity contribution in [3.8, 4) is 0 Å². The molecule has 0 aliphatic carbocycles. The lowest BCUT2D eigenvalue weighted by molar-refractivity contribution is 0.675. The Bertz CT molecular complexity index is 307. The van der Waals surface area contributed by atoms with Crippen molar-refractivity contribution in [2.24, 2.45) is 0 Å². The van der Waals surface area contributed by atoms with Crippen LogP contribution in [0, 0.1) is 0 Å². The summed E-state index contributed by atoms with van der Waals surface area (Å²) in [4.78, 5) is 0. The lowest BCUT2D eigenvalue weighted by Crippen LogP contribution is -2.14. The molecule has 2 heteroatoms. The van der Waals surface area contributed by atoms with Gasteiger partial charge in [0.25, 0.3) is 0 Å². The summed E-state index contributed by atoms with van der Waals surface area (Å²) in [5.74, 6) is 0. The molecule has 1 aromatic rings. The van der Waals surface area contributed by atoms with Gasteiger partial charge >= 0.3 is 0 Å². The molecular weight excluding hydrogens is 194 g/mol. The van der Waals surface area contributed by atoms with Crippen LogP contribution in [-0.4, -0.2) is 6.54 Å². The van der Waals surface area contributed by atoms with Crippen LogP contribution in [0.3, 0.4) is 0 Å². The lowest BCUT2D eigenvalue weighted by atomic mass is 10.1. The Labute approximate surface area is 90.8 Å². The summed E-state index contributed by atoms with van der Waals surface area (Å²) in [6.07, 6.45) is 3.00. The predicted molar refractivity (Wildman–Crippen MR) is 63.5 cm³/mol. The molecule has 0 aromatic heterocycles. The van der Waals surface area contributed by atoms with E-state index < -0.39 is 0 Å². The van der Waals surface area contributed by atoms with Crippen LogP contribution in [0.1, 0.15) is 24.5 Å². The molecule has 76 valence electrons. The minimum Gasteiger partial charge on any atom is -0.313 e. The Morgan fingerprint density at radius 1 is 1.50 bits per heavy atom. The molecule has 0 spiro atoms. The second kappa shape index (κ2) is 5.84. The van der Waals surface area contributed by atoms with E-state index in [9.17, 15) is 0 Å². The summed E-state index contributed by atoms with van der Waals surface area (Å²) >= 11 is 5.92.